The average Bonchev–Trinajstić information content (AvgIpc) is 2.99. The summed E-state index contributed by atoms with van der Waals surface area (Å²) in [6.07, 6.45) is 4.75. The van der Waals surface area contributed by atoms with Crippen molar-refractivity contribution in [2.24, 2.45) is 10.8 Å². The van der Waals surface area contributed by atoms with E-state index in [0.29, 0.717) is 0 Å². The zero-order valence-electron chi connectivity index (χ0n) is 28.6. The number of ketones is 1. The first-order valence-corrected chi connectivity index (χ1v) is 15.9. The molecular formula is C39H51IrN2O2-. The van der Waals surface area contributed by atoms with Crippen LogP contribution in [0.3, 0.4) is 0 Å². The van der Waals surface area contributed by atoms with Crippen molar-refractivity contribution in [3.05, 3.63) is 82.9 Å². The van der Waals surface area contributed by atoms with E-state index in [9.17, 15) is 9.90 Å². The first-order chi connectivity index (χ1) is 20.2. The second-order valence-electron chi connectivity index (χ2n) is 12.9. The summed E-state index contributed by atoms with van der Waals surface area (Å²) in [6.45, 7) is 22.7. The van der Waals surface area contributed by atoms with Gasteiger partial charge in [-0.2, -0.15) is 0 Å². The zero-order valence-corrected chi connectivity index (χ0v) is 31.0. The number of carbonyl (C=O) groups excluding carboxylic acids is 1. The van der Waals surface area contributed by atoms with Gasteiger partial charge in [0.2, 0.25) is 0 Å². The predicted octanol–water partition coefficient (Wildman–Crippen LogP) is 10.9. The normalized spacial score (nSPS) is 12.2. The van der Waals surface area contributed by atoms with Crippen LogP contribution in [-0.2, 0) is 24.9 Å². The summed E-state index contributed by atoms with van der Waals surface area (Å²) in [5, 5.41) is 13.7. The van der Waals surface area contributed by atoms with E-state index in [1.165, 1.54) is 28.0 Å². The van der Waals surface area contributed by atoms with Crippen LogP contribution >= 0.6 is 0 Å². The zero-order chi connectivity index (χ0) is 32.1. The molecule has 1 radical (unpaired) electrons. The fourth-order valence-corrected chi connectivity index (χ4v) is 5.33. The van der Waals surface area contributed by atoms with E-state index >= 15 is 0 Å². The number of benzene rings is 3. The van der Waals surface area contributed by atoms with Crippen molar-refractivity contribution in [1.29, 1.82) is 0 Å². The molecule has 3 aromatic carbocycles. The number of carbonyl (C=O) groups is 1. The van der Waals surface area contributed by atoms with Gasteiger partial charge in [0.1, 0.15) is 11.6 Å². The third-order valence-electron chi connectivity index (χ3n) is 9.46. The summed E-state index contributed by atoms with van der Waals surface area (Å²) >= 11 is 0. The predicted molar refractivity (Wildman–Crippen MR) is 183 cm³/mol. The Labute approximate surface area is 279 Å². The summed E-state index contributed by atoms with van der Waals surface area (Å²) in [5.41, 5.74) is 6.08. The molecule has 0 amide bonds. The molecule has 0 aliphatic heterocycles. The number of aryl methyl sites for hydroxylation is 3. The molecule has 4 nitrogen and oxygen atoms in total. The van der Waals surface area contributed by atoms with Crippen LogP contribution in [0.4, 0.5) is 0 Å². The Bertz CT molecular complexity index is 1610. The fraction of sp³-hybridized carbons (Fsp3) is 0.462. The van der Waals surface area contributed by atoms with E-state index in [1.54, 1.807) is 0 Å². The van der Waals surface area contributed by atoms with Crippen molar-refractivity contribution in [2.45, 2.75) is 108 Å². The van der Waals surface area contributed by atoms with Gasteiger partial charge >= 0.3 is 0 Å². The van der Waals surface area contributed by atoms with Crippen molar-refractivity contribution in [1.82, 2.24) is 9.97 Å². The number of hydrogen-bond donors (Lipinski definition) is 1. The molecule has 0 aliphatic carbocycles. The van der Waals surface area contributed by atoms with Crippen LogP contribution in [0.15, 0.2) is 54.3 Å². The molecule has 0 atom stereocenters. The van der Waals surface area contributed by atoms with Crippen LogP contribution in [0.5, 0.6) is 0 Å². The molecular weight excluding hydrogens is 721 g/mol. The molecule has 0 spiro atoms. The van der Waals surface area contributed by atoms with Crippen LogP contribution in [0.1, 0.15) is 110 Å². The van der Waals surface area contributed by atoms with Crippen molar-refractivity contribution in [2.75, 3.05) is 0 Å². The van der Waals surface area contributed by atoms with Crippen LogP contribution in [-0.4, -0.2) is 20.9 Å². The van der Waals surface area contributed by atoms with Gasteiger partial charge in [-0.3, -0.25) is 9.78 Å². The number of nitrogens with zero attached hydrogens (tertiary/aromatic N) is 2. The average molecular weight is 772 g/mol. The Kier molecular flexibility index (Phi) is 13.1. The van der Waals surface area contributed by atoms with Gasteiger partial charge in [0.15, 0.2) is 5.78 Å². The maximum atomic E-state index is 12.2. The molecule has 0 aliphatic rings. The van der Waals surface area contributed by atoms with Crippen molar-refractivity contribution >= 4 is 27.5 Å². The monoisotopic (exact) mass is 772 g/mol. The minimum atomic E-state index is -0.337. The number of aliphatic hydroxyl groups is 1. The van der Waals surface area contributed by atoms with Gasteiger partial charge in [0, 0.05) is 48.3 Å². The molecule has 239 valence electrons. The van der Waals surface area contributed by atoms with Gasteiger partial charge in [-0.05, 0) is 54.6 Å². The fourth-order valence-electron chi connectivity index (χ4n) is 5.33. The van der Waals surface area contributed by atoms with Crippen molar-refractivity contribution < 1.29 is 30.0 Å². The SMILES string of the molecule is CCC(C)(CC)C(=O)/C=C(\O)C(C)(CC)CC.Cc1[c-]c(-c2nc(C(C)C)nc3c2ccc2cccc(C)c23)cc(C)c1.[Ir]. The Hall–Kier alpha value is -2.88. The second-order valence-corrected chi connectivity index (χ2v) is 12.9. The maximum Gasteiger partial charge on any atom is 0.164 e. The Morgan fingerprint density at radius 3 is 2.07 bits per heavy atom. The molecule has 1 heterocycles. The molecule has 0 unspecified atom stereocenters. The number of allylic oxidation sites excluding steroid dienone is 2. The largest absolute Gasteiger partial charge is 0.512 e. The van der Waals surface area contributed by atoms with Crippen molar-refractivity contribution in [3.63, 3.8) is 0 Å². The topological polar surface area (TPSA) is 63.1 Å². The molecule has 44 heavy (non-hydrogen) atoms. The molecule has 5 heteroatoms. The first kappa shape index (κ1) is 37.3. The summed E-state index contributed by atoms with van der Waals surface area (Å²) in [4.78, 5) is 22.1. The van der Waals surface area contributed by atoms with Gasteiger partial charge in [0.25, 0.3) is 0 Å². The van der Waals surface area contributed by atoms with Crippen LogP contribution < -0.4 is 0 Å². The van der Waals surface area contributed by atoms with Gasteiger partial charge < -0.3 is 5.11 Å². The summed E-state index contributed by atoms with van der Waals surface area (Å²) < 4.78 is 0. The van der Waals surface area contributed by atoms with Crippen LogP contribution in [0, 0.1) is 37.7 Å². The number of rotatable bonds is 9. The van der Waals surface area contributed by atoms with Crippen LogP contribution in [0.2, 0.25) is 0 Å². The maximum absolute atomic E-state index is 12.2. The molecule has 0 saturated heterocycles. The number of fused-ring (bicyclic) bond motifs is 3. The van der Waals surface area contributed by atoms with Gasteiger partial charge in [-0.25, -0.2) is 4.98 Å². The van der Waals surface area contributed by atoms with E-state index in [1.807, 2.05) is 41.5 Å². The molecule has 0 saturated carbocycles. The number of hydrogen-bond acceptors (Lipinski definition) is 4. The van der Waals surface area contributed by atoms with E-state index in [2.05, 4.69) is 83.1 Å². The molecule has 4 aromatic rings. The molecule has 1 aromatic heterocycles. The third kappa shape index (κ3) is 8.03. The molecule has 0 bridgehead atoms. The minimum Gasteiger partial charge on any atom is -0.512 e. The Morgan fingerprint density at radius 1 is 0.909 bits per heavy atom. The first-order valence-electron chi connectivity index (χ1n) is 15.9. The van der Waals surface area contributed by atoms with E-state index in [-0.39, 0.29) is 48.4 Å². The van der Waals surface area contributed by atoms with Gasteiger partial charge in [-0.15, -0.1) is 34.9 Å². The molecule has 0 fully saturated rings. The van der Waals surface area contributed by atoms with E-state index in [0.717, 1.165) is 59.2 Å². The number of aromatic nitrogens is 2. The quantitative estimate of drug-likeness (QED) is 0.0797. The smallest absolute Gasteiger partial charge is 0.164 e. The number of aliphatic hydroxyl groups excluding tert-OH is 1. The third-order valence-corrected chi connectivity index (χ3v) is 9.46. The summed E-state index contributed by atoms with van der Waals surface area (Å²) in [7, 11) is 0. The molecule has 4 rings (SSSR count). The van der Waals surface area contributed by atoms with Crippen LogP contribution in [0.25, 0.3) is 32.9 Å². The molecule has 1 N–H and O–H groups in total. The minimum absolute atomic E-state index is 0. The van der Waals surface area contributed by atoms with Gasteiger partial charge in [0.05, 0.1) is 5.52 Å². The Morgan fingerprint density at radius 2 is 1.52 bits per heavy atom. The summed E-state index contributed by atoms with van der Waals surface area (Å²) in [6, 6.07) is 18.6. The van der Waals surface area contributed by atoms with E-state index in [4.69, 9.17) is 9.97 Å². The Balaban J connectivity index is 0.000000331. The van der Waals surface area contributed by atoms with E-state index < -0.39 is 0 Å². The standard InChI is InChI=1S/C24H23N2.C15H28O2.Ir/c1-14(2)24-25-22(19-12-15(3)11-16(4)13-19)20-10-9-18-8-6-7-17(5)21(18)23(20)26-24;1-7-14(5,8-2)12(16)11-13(17)15(6,9-3)10-4;/h6-12,14H,1-5H3;11,16H,7-10H2,1-6H3;/q-1;;/b;12-11-;. The second kappa shape index (κ2) is 15.4. The van der Waals surface area contributed by atoms with Crippen molar-refractivity contribution in [3.8, 4) is 11.3 Å². The summed E-state index contributed by atoms with van der Waals surface area (Å²) in [5.74, 6) is 1.44. The van der Waals surface area contributed by atoms with Gasteiger partial charge in [-0.1, -0.05) is 99.6 Å².